The van der Waals surface area contributed by atoms with E-state index in [9.17, 15) is 10.2 Å². The predicted octanol–water partition coefficient (Wildman–Crippen LogP) is 2.79. The van der Waals surface area contributed by atoms with Crippen LogP contribution in [0.2, 0.25) is 0 Å². The predicted molar refractivity (Wildman–Crippen MR) is 116 cm³/mol. The summed E-state index contributed by atoms with van der Waals surface area (Å²) in [5.74, 6) is 1.21. The summed E-state index contributed by atoms with van der Waals surface area (Å²) in [5, 5.41) is 23.5. The van der Waals surface area contributed by atoms with Crippen LogP contribution in [0.4, 0.5) is 5.82 Å². The normalized spacial score (nSPS) is 24.1. The molecule has 7 heteroatoms. The molecule has 1 aliphatic rings. The Balaban J connectivity index is 1.34. The molecule has 7 nitrogen and oxygen atoms in total. The molecular weight excluding hydrogens is 378 g/mol. The number of nitrogens with two attached hydrogens (primary N) is 1. The summed E-state index contributed by atoms with van der Waals surface area (Å²) in [6.07, 6.45) is 4.44. The smallest absolute Gasteiger partial charge is 0.143 e. The Hall–Kier alpha value is -3.03. The van der Waals surface area contributed by atoms with Crippen molar-refractivity contribution in [3.05, 3.63) is 60.2 Å². The van der Waals surface area contributed by atoms with E-state index in [1.807, 2.05) is 35.9 Å². The maximum Gasteiger partial charge on any atom is 0.143 e. The van der Waals surface area contributed by atoms with Crippen molar-refractivity contribution in [3.8, 4) is 0 Å². The highest BCUT2D eigenvalue weighted by atomic mass is 16.3. The van der Waals surface area contributed by atoms with E-state index >= 15 is 0 Å². The maximum atomic E-state index is 10.8. The minimum absolute atomic E-state index is 0.00915. The number of aliphatic hydroxyl groups excluding tert-OH is 2. The van der Waals surface area contributed by atoms with Crippen molar-refractivity contribution in [1.82, 2.24) is 19.5 Å². The highest BCUT2D eigenvalue weighted by molar-refractivity contribution is 5.80. The Morgan fingerprint density at radius 1 is 1.07 bits per heavy atom. The summed E-state index contributed by atoms with van der Waals surface area (Å²) in [4.78, 5) is 13.2. The van der Waals surface area contributed by atoms with Gasteiger partial charge in [0.2, 0.25) is 0 Å². The van der Waals surface area contributed by atoms with Gasteiger partial charge in [0.05, 0.1) is 17.7 Å². The van der Waals surface area contributed by atoms with E-state index in [0.29, 0.717) is 18.1 Å². The molecule has 0 radical (unpaired) electrons. The molecule has 4 atom stereocenters. The molecule has 154 valence electrons. The third kappa shape index (κ3) is 3.30. The van der Waals surface area contributed by atoms with Crippen molar-refractivity contribution < 1.29 is 10.2 Å². The molecule has 0 saturated heterocycles. The summed E-state index contributed by atoms with van der Waals surface area (Å²) < 4.78 is 1.99. The van der Waals surface area contributed by atoms with Crippen LogP contribution in [0.25, 0.3) is 21.9 Å². The topological polar surface area (TPSA) is 110 Å². The van der Waals surface area contributed by atoms with Gasteiger partial charge in [-0.3, -0.25) is 0 Å². The summed E-state index contributed by atoms with van der Waals surface area (Å²) >= 11 is 0. The largest absolute Gasteiger partial charge is 0.390 e. The Morgan fingerprint density at radius 3 is 2.77 bits per heavy atom. The molecule has 3 aromatic heterocycles. The van der Waals surface area contributed by atoms with E-state index in [1.165, 1.54) is 0 Å². The van der Waals surface area contributed by atoms with Gasteiger partial charge < -0.3 is 20.5 Å². The summed E-state index contributed by atoms with van der Waals surface area (Å²) in [6, 6.07) is 11.7. The highest BCUT2D eigenvalue weighted by Crippen LogP contribution is 2.39. The first-order valence-corrected chi connectivity index (χ1v) is 10.3. The SMILES string of the molecule is Cc1ncc2ccn([C@@H]3C[C@H](CCc4ccc5ccc(N)nc5c4)[C@@H](O)[C@H]3O)c2n1. The van der Waals surface area contributed by atoms with Crippen LogP contribution in [0.1, 0.15) is 30.3 Å². The molecule has 3 heterocycles. The number of fused-ring (bicyclic) bond motifs is 2. The number of benzene rings is 1. The number of aromatic nitrogens is 4. The molecular formula is C23H25N5O2. The van der Waals surface area contributed by atoms with Crippen LogP contribution < -0.4 is 5.73 Å². The van der Waals surface area contributed by atoms with Crippen LogP contribution in [-0.4, -0.2) is 41.9 Å². The second-order valence-corrected chi connectivity index (χ2v) is 8.27. The minimum Gasteiger partial charge on any atom is -0.390 e. The fraction of sp³-hybridized carbons (Fsp3) is 0.348. The fourth-order valence-corrected chi connectivity index (χ4v) is 4.64. The number of aliphatic hydroxyl groups is 2. The fourth-order valence-electron chi connectivity index (χ4n) is 4.64. The van der Waals surface area contributed by atoms with Crippen LogP contribution in [0.3, 0.4) is 0 Å². The van der Waals surface area contributed by atoms with E-state index in [-0.39, 0.29) is 12.0 Å². The van der Waals surface area contributed by atoms with Gasteiger partial charge in [-0.1, -0.05) is 12.1 Å². The van der Waals surface area contributed by atoms with Crippen LogP contribution in [0.5, 0.6) is 0 Å². The van der Waals surface area contributed by atoms with Gasteiger partial charge in [0.15, 0.2) is 0 Å². The quantitative estimate of drug-likeness (QED) is 0.483. The number of hydrogen-bond donors (Lipinski definition) is 3. The van der Waals surface area contributed by atoms with E-state index in [1.54, 1.807) is 12.3 Å². The molecule has 4 aromatic rings. The molecule has 5 rings (SSSR count). The third-order valence-electron chi connectivity index (χ3n) is 6.29. The highest BCUT2D eigenvalue weighted by Gasteiger charge is 2.42. The molecule has 1 aliphatic carbocycles. The van der Waals surface area contributed by atoms with E-state index < -0.39 is 12.2 Å². The lowest BCUT2D eigenvalue weighted by Crippen LogP contribution is -2.29. The van der Waals surface area contributed by atoms with Crippen LogP contribution in [0, 0.1) is 12.8 Å². The van der Waals surface area contributed by atoms with Gasteiger partial charge in [-0.2, -0.15) is 0 Å². The number of rotatable bonds is 4. The van der Waals surface area contributed by atoms with Crippen molar-refractivity contribution in [2.24, 2.45) is 5.92 Å². The summed E-state index contributed by atoms with van der Waals surface area (Å²) in [7, 11) is 0. The zero-order chi connectivity index (χ0) is 20.8. The molecule has 1 saturated carbocycles. The summed E-state index contributed by atoms with van der Waals surface area (Å²) in [6.45, 7) is 1.85. The second kappa shape index (κ2) is 7.34. The van der Waals surface area contributed by atoms with Gasteiger partial charge in [0, 0.05) is 23.2 Å². The zero-order valence-electron chi connectivity index (χ0n) is 16.8. The maximum absolute atomic E-state index is 10.8. The Morgan fingerprint density at radius 2 is 1.90 bits per heavy atom. The van der Waals surface area contributed by atoms with E-state index in [0.717, 1.165) is 40.3 Å². The lowest BCUT2D eigenvalue weighted by molar-refractivity contribution is 0.00545. The van der Waals surface area contributed by atoms with Gasteiger partial charge in [-0.05, 0) is 61.9 Å². The summed E-state index contributed by atoms with van der Waals surface area (Å²) in [5.41, 5.74) is 8.65. The Kier molecular flexibility index (Phi) is 4.64. The first-order valence-electron chi connectivity index (χ1n) is 10.3. The standard InChI is InChI=1S/C23H25N5O2/c1-13-25-12-17-8-9-28(23(17)26-13)19-11-16(21(29)22(19)30)5-3-14-2-4-15-6-7-20(24)27-18(15)10-14/h2,4,6-10,12,16,19,21-22,29-30H,3,5,11H2,1H3,(H2,24,27)/t16-,19+,21+,22-/m0/s1. The first kappa shape index (κ1) is 19.0. The zero-order valence-corrected chi connectivity index (χ0v) is 16.8. The lowest BCUT2D eigenvalue weighted by Gasteiger charge is -2.19. The molecule has 0 aliphatic heterocycles. The van der Waals surface area contributed by atoms with Crippen LogP contribution >= 0.6 is 0 Å². The molecule has 4 N–H and O–H groups in total. The number of anilines is 1. The average Bonchev–Trinajstić information content (AvgIpc) is 3.27. The lowest BCUT2D eigenvalue weighted by atomic mass is 9.95. The van der Waals surface area contributed by atoms with Crippen LogP contribution in [0.15, 0.2) is 48.8 Å². The van der Waals surface area contributed by atoms with Crippen molar-refractivity contribution in [3.63, 3.8) is 0 Å². The second-order valence-electron chi connectivity index (χ2n) is 8.27. The van der Waals surface area contributed by atoms with Crippen molar-refractivity contribution in [2.75, 3.05) is 5.73 Å². The molecule has 1 aromatic carbocycles. The Bertz CT molecular complexity index is 1220. The number of hydrogen-bond acceptors (Lipinski definition) is 6. The van der Waals surface area contributed by atoms with Crippen molar-refractivity contribution in [1.29, 1.82) is 0 Å². The number of nitrogens with zero attached hydrogens (tertiary/aromatic N) is 4. The molecule has 1 fully saturated rings. The van der Waals surface area contributed by atoms with Gasteiger partial charge >= 0.3 is 0 Å². The van der Waals surface area contributed by atoms with E-state index in [2.05, 4.69) is 27.1 Å². The number of nitrogen functional groups attached to an aromatic ring is 1. The van der Waals surface area contributed by atoms with Crippen LogP contribution in [-0.2, 0) is 6.42 Å². The number of pyridine rings is 1. The monoisotopic (exact) mass is 403 g/mol. The number of aryl methyl sites for hydroxylation is 2. The van der Waals surface area contributed by atoms with Crippen molar-refractivity contribution in [2.45, 2.75) is 44.4 Å². The van der Waals surface area contributed by atoms with Gasteiger partial charge in [-0.25, -0.2) is 15.0 Å². The average molecular weight is 403 g/mol. The van der Waals surface area contributed by atoms with Gasteiger partial charge in [0.1, 0.15) is 23.4 Å². The van der Waals surface area contributed by atoms with Gasteiger partial charge in [-0.15, -0.1) is 0 Å². The molecule has 0 unspecified atom stereocenters. The molecule has 0 spiro atoms. The Labute approximate surface area is 174 Å². The molecule has 30 heavy (non-hydrogen) atoms. The van der Waals surface area contributed by atoms with E-state index in [4.69, 9.17) is 5.73 Å². The van der Waals surface area contributed by atoms with Crippen molar-refractivity contribution >= 4 is 27.8 Å². The van der Waals surface area contributed by atoms with Gasteiger partial charge in [0.25, 0.3) is 0 Å². The third-order valence-corrected chi connectivity index (χ3v) is 6.29. The minimum atomic E-state index is -0.820. The molecule has 0 amide bonds. The molecule has 0 bridgehead atoms. The first-order chi connectivity index (χ1) is 14.5.